The Bertz CT molecular complexity index is 530. The third kappa shape index (κ3) is 1.93. The molecule has 0 aliphatic heterocycles. The lowest BCUT2D eigenvalue weighted by molar-refractivity contribution is 0.0961. The number of fused-ring (bicyclic) bond motifs is 1. The van der Waals surface area contributed by atoms with E-state index in [4.69, 9.17) is 0 Å². The molecular formula is C14H14N2O2. The first-order chi connectivity index (χ1) is 8.69. The van der Waals surface area contributed by atoms with Crippen molar-refractivity contribution in [1.82, 2.24) is 10.6 Å². The van der Waals surface area contributed by atoms with Gasteiger partial charge in [0.1, 0.15) is 0 Å². The third-order valence-corrected chi connectivity index (χ3v) is 2.85. The Labute approximate surface area is 105 Å². The summed E-state index contributed by atoms with van der Waals surface area (Å²) in [4.78, 5) is 23.6. The molecule has 0 saturated heterocycles. The highest BCUT2D eigenvalue weighted by atomic mass is 16.2. The van der Waals surface area contributed by atoms with Crippen LogP contribution in [0.4, 0.5) is 0 Å². The lowest BCUT2D eigenvalue weighted by Gasteiger charge is -2.00. The van der Waals surface area contributed by atoms with Crippen LogP contribution in [0.5, 0.6) is 0 Å². The summed E-state index contributed by atoms with van der Waals surface area (Å²) in [6.45, 7) is 0. The van der Waals surface area contributed by atoms with Gasteiger partial charge in [-0.3, -0.25) is 9.59 Å². The van der Waals surface area contributed by atoms with E-state index in [-0.39, 0.29) is 11.8 Å². The van der Waals surface area contributed by atoms with E-state index >= 15 is 0 Å². The molecule has 0 bridgehead atoms. The number of carbonyl (C=O) groups is 2. The van der Waals surface area contributed by atoms with E-state index < -0.39 is 0 Å². The van der Waals surface area contributed by atoms with Crippen molar-refractivity contribution in [2.45, 2.75) is 0 Å². The summed E-state index contributed by atoms with van der Waals surface area (Å²) in [7, 11) is 3.15. The largest absolute Gasteiger partial charge is 0.355 e. The van der Waals surface area contributed by atoms with E-state index in [9.17, 15) is 9.59 Å². The van der Waals surface area contributed by atoms with E-state index in [0.717, 1.165) is 11.1 Å². The summed E-state index contributed by atoms with van der Waals surface area (Å²) in [5.41, 5.74) is 2.58. The van der Waals surface area contributed by atoms with Crippen LogP contribution in [0.3, 0.4) is 0 Å². The van der Waals surface area contributed by atoms with Crippen molar-refractivity contribution in [3.63, 3.8) is 0 Å². The predicted molar refractivity (Wildman–Crippen MR) is 69.8 cm³/mol. The van der Waals surface area contributed by atoms with Gasteiger partial charge in [0.15, 0.2) is 0 Å². The molecule has 0 spiro atoms. The van der Waals surface area contributed by atoms with E-state index in [2.05, 4.69) is 10.6 Å². The zero-order chi connectivity index (χ0) is 13.1. The Morgan fingerprint density at radius 1 is 0.833 bits per heavy atom. The second-order valence-corrected chi connectivity index (χ2v) is 3.87. The van der Waals surface area contributed by atoms with Crippen molar-refractivity contribution in [3.8, 4) is 11.1 Å². The van der Waals surface area contributed by atoms with Crippen molar-refractivity contribution in [3.05, 3.63) is 47.5 Å². The normalized spacial score (nSPS) is 10.1. The third-order valence-electron chi connectivity index (χ3n) is 2.85. The average Bonchev–Trinajstić information content (AvgIpc) is 2.59. The van der Waals surface area contributed by atoms with Crippen LogP contribution in [0.25, 0.3) is 11.1 Å². The average molecular weight is 242 g/mol. The molecule has 0 aromatic carbocycles. The number of nitrogens with one attached hydrogen (secondary N) is 2. The van der Waals surface area contributed by atoms with Gasteiger partial charge in [-0.2, -0.15) is 0 Å². The molecule has 0 aromatic rings. The molecule has 4 heteroatoms. The summed E-state index contributed by atoms with van der Waals surface area (Å²) in [5.74, 6) is -0.386. The van der Waals surface area contributed by atoms with Crippen LogP contribution in [0.1, 0.15) is 20.7 Å². The maximum absolute atomic E-state index is 11.8. The molecule has 2 amide bonds. The predicted octanol–water partition coefficient (Wildman–Crippen LogP) is 1.51. The lowest BCUT2D eigenvalue weighted by Crippen LogP contribution is -2.18. The number of hydrogen-bond acceptors (Lipinski definition) is 2. The Hall–Kier alpha value is -2.36. The fraction of sp³-hybridized carbons (Fsp3) is 0.143. The quantitative estimate of drug-likeness (QED) is 0.838. The number of hydrogen-bond donors (Lipinski definition) is 2. The molecule has 0 saturated carbocycles. The van der Waals surface area contributed by atoms with Gasteiger partial charge in [0.2, 0.25) is 0 Å². The molecule has 2 N–H and O–H groups in total. The molecule has 18 heavy (non-hydrogen) atoms. The maximum atomic E-state index is 11.8. The minimum Gasteiger partial charge on any atom is -0.355 e. The molecule has 92 valence electrons. The molecule has 2 rings (SSSR count). The molecule has 0 unspecified atom stereocenters. The van der Waals surface area contributed by atoms with E-state index in [0.29, 0.717) is 11.1 Å². The standard InChI is InChI=1S/C14H14N2O2/c1-15-13(17)11-8-12(14(18)16-2)10-7-5-3-4-6-9(10)11/h3-8H,1-2H3,(H,15,17)(H,16,18). The monoisotopic (exact) mass is 242 g/mol. The number of amides is 2. The van der Waals surface area contributed by atoms with E-state index in [1.165, 1.54) is 0 Å². The van der Waals surface area contributed by atoms with Gasteiger partial charge in [-0.1, -0.05) is 30.3 Å². The van der Waals surface area contributed by atoms with Crippen molar-refractivity contribution in [2.75, 3.05) is 14.1 Å². The summed E-state index contributed by atoms with van der Waals surface area (Å²) in [6.07, 6.45) is 0. The van der Waals surface area contributed by atoms with Crippen molar-refractivity contribution >= 4 is 11.8 Å². The Morgan fingerprint density at radius 2 is 1.28 bits per heavy atom. The summed E-state index contributed by atoms with van der Waals surface area (Å²) < 4.78 is 0. The Morgan fingerprint density at radius 3 is 1.67 bits per heavy atom. The zero-order valence-corrected chi connectivity index (χ0v) is 10.3. The summed E-state index contributed by atoms with van der Waals surface area (Å²) in [5, 5.41) is 5.17. The summed E-state index contributed by atoms with van der Waals surface area (Å²) >= 11 is 0. The molecule has 0 fully saturated rings. The highest BCUT2D eigenvalue weighted by molar-refractivity contribution is 6.10. The molecular weight excluding hydrogens is 228 g/mol. The van der Waals surface area contributed by atoms with Gasteiger partial charge in [-0.25, -0.2) is 0 Å². The fourth-order valence-electron chi connectivity index (χ4n) is 1.96. The van der Waals surface area contributed by atoms with Crippen LogP contribution < -0.4 is 10.6 Å². The van der Waals surface area contributed by atoms with Crippen LogP contribution in [0, 0.1) is 0 Å². The fourth-order valence-corrected chi connectivity index (χ4v) is 1.96. The SMILES string of the molecule is CNC(=O)c1cc(C(=O)NC)c2cccccc1-2. The van der Waals surface area contributed by atoms with Crippen LogP contribution in [-0.4, -0.2) is 25.9 Å². The Balaban J connectivity index is 2.68. The van der Waals surface area contributed by atoms with Crippen molar-refractivity contribution in [1.29, 1.82) is 0 Å². The second-order valence-electron chi connectivity index (χ2n) is 3.87. The minimum atomic E-state index is -0.193. The van der Waals surface area contributed by atoms with Crippen molar-refractivity contribution in [2.24, 2.45) is 0 Å². The molecule has 0 aromatic heterocycles. The van der Waals surface area contributed by atoms with E-state index in [1.54, 1.807) is 20.2 Å². The summed E-state index contributed by atoms with van der Waals surface area (Å²) in [6, 6.07) is 10.9. The van der Waals surface area contributed by atoms with Gasteiger partial charge in [0, 0.05) is 25.2 Å². The molecule has 0 radical (unpaired) electrons. The second kappa shape index (κ2) is 4.87. The van der Waals surface area contributed by atoms with Gasteiger partial charge < -0.3 is 10.6 Å². The van der Waals surface area contributed by atoms with Crippen LogP contribution in [0.15, 0.2) is 36.4 Å². The van der Waals surface area contributed by atoms with Gasteiger partial charge in [-0.15, -0.1) is 0 Å². The first-order valence-corrected chi connectivity index (χ1v) is 5.65. The van der Waals surface area contributed by atoms with Crippen molar-refractivity contribution < 1.29 is 9.59 Å². The highest BCUT2D eigenvalue weighted by Crippen LogP contribution is 2.31. The van der Waals surface area contributed by atoms with Gasteiger partial charge in [-0.05, 0) is 17.2 Å². The van der Waals surface area contributed by atoms with Gasteiger partial charge >= 0.3 is 0 Å². The molecule has 4 nitrogen and oxygen atoms in total. The number of rotatable bonds is 2. The maximum Gasteiger partial charge on any atom is 0.251 e. The van der Waals surface area contributed by atoms with Crippen LogP contribution in [0.2, 0.25) is 0 Å². The molecule has 2 aliphatic carbocycles. The molecule has 0 atom stereocenters. The van der Waals surface area contributed by atoms with Gasteiger partial charge in [0.25, 0.3) is 11.8 Å². The first kappa shape index (κ1) is 12.1. The van der Waals surface area contributed by atoms with Crippen LogP contribution in [-0.2, 0) is 0 Å². The highest BCUT2D eigenvalue weighted by Gasteiger charge is 2.22. The van der Waals surface area contributed by atoms with Crippen LogP contribution >= 0.6 is 0 Å². The van der Waals surface area contributed by atoms with Gasteiger partial charge in [0.05, 0.1) is 0 Å². The smallest absolute Gasteiger partial charge is 0.251 e. The van der Waals surface area contributed by atoms with E-state index in [1.807, 2.05) is 30.3 Å². The minimum absolute atomic E-state index is 0.193. The molecule has 0 heterocycles. The lowest BCUT2D eigenvalue weighted by atomic mass is 10.1. The zero-order valence-electron chi connectivity index (χ0n) is 10.3. The first-order valence-electron chi connectivity index (χ1n) is 5.65. The Kier molecular flexibility index (Phi) is 3.28. The number of carbonyl (C=O) groups excluding carboxylic acids is 2. The topological polar surface area (TPSA) is 58.2 Å². The molecule has 2 aliphatic rings.